The minimum absolute atomic E-state index is 0. The predicted octanol–water partition coefficient (Wildman–Crippen LogP) is 2.06. The highest BCUT2D eigenvalue weighted by molar-refractivity contribution is 7.91. The number of benzene rings is 1. The quantitative estimate of drug-likeness (QED) is 0.754. The smallest absolute Gasteiger partial charge is 0.224 e. The molecule has 0 aliphatic carbocycles. The van der Waals surface area contributed by atoms with Gasteiger partial charge in [-0.3, -0.25) is 4.79 Å². The molecule has 0 saturated carbocycles. The third-order valence-electron chi connectivity index (χ3n) is 4.91. The first-order valence-corrected chi connectivity index (χ1v) is 10.0. The third kappa shape index (κ3) is 4.92. The summed E-state index contributed by atoms with van der Waals surface area (Å²) in [6.07, 6.45) is 4.09. The number of amides is 1. The normalized spacial score (nSPS) is 26.6. The molecule has 8 heteroatoms. The Morgan fingerprint density at radius 1 is 1.24 bits per heavy atom. The Balaban J connectivity index is 0.00000225. The number of piperidine rings is 1. The van der Waals surface area contributed by atoms with E-state index in [1.807, 2.05) is 0 Å². The number of hydrogen-bond donors (Lipinski definition) is 2. The second kappa shape index (κ2) is 8.01. The third-order valence-corrected chi connectivity index (χ3v) is 6.84. The first-order chi connectivity index (χ1) is 11.3. The molecule has 1 aromatic rings. The minimum Gasteiger partial charge on any atom is -0.353 e. The van der Waals surface area contributed by atoms with Crippen LogP contribution in [0.1, 0.15) is 32.6 Å². The molecule has 2 heterocycles. The Morgan fingerprint density at radius 3 is 2.36 bits per heavy atom. The number of nitrogens with one attached hydrogen (secondary N) is 2. The molecule has 0 radical (unpaired) electrons. The van der Waals surface area contributed by atoms with Crippen molar-refractivity contribution >= 4 is 28.2 Å². The minimum atomic E-state index is -3.61. The van der Waals surface area contributed by atoms with Crippen LogP contribution in [0.5, 0.6) is 0 Å². The summed E-state index contributed by atoms with van der Waals surface area (Å²) < 4.78 is 37.6. The number of halogens is 2. The SMILES string of the molecule is CC(CS(=O)(=O)c1ccc(F)cc1)C(=O)NC1CC2CCC(C1)N2.Cl. The molecule has 3 atom stereocenters. The van der Waals surface area contributed by atoms with E-state index in [0.29, 0.717) is 12.1 Å². The van der Waals surface area contributed by atoms with Crippen LogP contribution in [0, 0.1) is 11.7 Å². The van der Waals surface area contributed by atoms with Crippen molar-refractivity contribution in [2.75, 3.05) is 5.75 Å². The predicted molar refractivity (Wildman–Crippen MR) is 96.0 cm³/mol. The van der Waals surface area contributed by atoms with Crippen LogP contribution < -0.4 is 10.6 Å². The molecule has 5 nitrogen and oxygen atoms in total. The molecule has 1 aromatic carbocycles. The maximum absolute atomic E-state index is 12.9. The summed E-state index contributed by atoms with van der Waals surface area (Å²) in [7, 11) is -3.61. The fraction of sp³-hybridized carbons (Fsp3) is 0.588. The van der Waals surface area contributed by atoms with Crippen LogP contribution in [0.25, 0.3) is 0 Å². The summed E-state index contributed by atoms with van der Waals surface area (Å²) in [6.45, 7) is 1.62. The first-order valence-electron chi connectivity index (χ1n) is 8.38. The number of fused-ring (bicyclic) bond motifs is 2. The molecule has 2 saturated heterocycles. The zero-order valence-corrected chi connectivity index (χ0v) is 15.7. The van der Waals surface area contributed by atoms with E-state index in [-0.39, 0.29) is 35.0 Å². The average molecular weight is 391 g/mol. The van der Waals surface area contributed by atoms with Gasteiger partial charge in [-0.1, -0.05) is 6.92 Å². The molecule has 2 aliphatic heterocycles. The number of carbonyl (C=O) groups is 1. The molecule has 3 unspecified atom stereocenters. The van der Waals surface area contributed by atoms with Gasteiger partial charge in [0.2, 0.25) is 5.91 Å². The van der Waals surface area contributed by atoms with Gasteiger partial charge in [0, 0.05) is 24.0 Å². The zero-order valence-electron chi connectivity index (χ0n) is 14.1. The average Bonchev–Trinajstić information content (AvgIpc) is 2.86. The summed E-state index contributed by atoms with van der Waals surface area (Å²) in [4.78, 5) is 12.4. The van der Waals surface area contributed by atoms with Crippen molar-refractivity contribution in [3.63, 3.8) is 0 Å². The number of sulfone groups is 1. The van der Waals surface area contributed by atoms with Crippen LogP contribution in [0.3, 0.4) is 0 Å². The maximum Gasteiger partial charge on any atom is 0.224 e. The Morgan fingerprint density at radius 2 is 1.80 bits per heavy atom. The molecule has 0 aromatic heterocycles. The van der Waals surface area contributed by atoms with E-state index >= 15 is 0 Å². The summed E-state index contributed by atoms with van der Waals surface area (Å²) in [5.41, 5.74) is 0. The Labute approximate surface area is 154 Å². The van der Waals surface area contributed by atoms with Crippen molar-refractivity contribution in [2.45, 2.75) is 55.6 Å². The highest BCUT2D eigenvalue weighted by Crippen LogP contribution is 2.27. The van der Waals surface area contributed by atoms with Gasteiger partial charge in [-0.2, -0.15) is 0 Å². The molecule has 1 amide bonds. The highest BCUT2D eigenvalue weighted by atomic mass is 35.5. The van der Waals surface area contributed by atoms with Gasteiger partial charge in [0.1, 0.15) is 5.82 Å². The molecule has 25 heavy (non-hydrogen) atoms. The van der Waals surface area contributed by atoms with Crippen molar-refractivity contribution in [2.24, 2.45) is 5.92 Å². The van der Waals surface area contributed by atoms with Gasteiger partial charge >= 0.3 is 0 Å². The van der Waals surface area contributed by atoms with Crippen molar-refractivity contribution in [1.82, 2.24) is 10.6 Å². The van der Waals surface area contributed by atoms with Crippen LogP contribution >= 0.6 is 12.4 Å². The van der Waals surface area contributed by atoms with Gasteiger partial charge in [-0.25, -0.2) is 12.8 Å². The van der Waals surface area contributed by atoms with E-state index in [1.54, 1.807) is 6.92 Å². The fourth-order valence-electron chi connectivity index (χ4n) is 3.66. The van der Waals surface area contributed by atoms with Gasteiger partial charge in [0.05, 0.1) is 10.6 Å². The lowest BCUT2D eigenvalue weighted by atomic mass is 9.99. The number of hydrogen-bond acceptors (Lipinski definition) is 4. The summed E-state index contributed by atoms with van der Waals surface area (Å²) in [5.74, 6) is -1.64. The van der Waals surface area contributed by atoms with Gasteiger partial charge in [0.25, 0.3) is 0 Å². The monoisotopic (exact) mass is 390 g/mol. The highest BCUT2D eigenvalue weighted by Gasteiger charge is 2.35. The van der Waals surface area contributed by atoms with Crippen molar-refractivity contribution in [3.05, 3.63) is 30.1 Å². The van der Waals surface area contributed by atoms with E-state index < -0.39 is 21.6 Å². The largest absolute Gasteiger partial charge is 0.353 e. The summed E-state index contributed by atoms with van der Waals surface area (Å²) in [6, 6.07) is 5.75. The summed E-state index contributed by atoms with van der Waals surface area (Å²) in [5, 5.41) is 6.51. The molecule has 3 rings (SSSR count). The molecule has 0 spiro atoms. The van der Waals surface area contributed by atoms with E-state index in [0.717, 1.165) is 37.8 Å². The van der Waals surface area contributed by atoms with Gasteiger partial charge in [-0.05, 0) is 49.9 Å². The lowest BCUT2D eigenvalue weighted by molar-refractivity contribution is -0.124. The molecule has 2 aliphatic rings. The van der Waals surface area contributed by atoms with E-state index in [1.165, 1.54) is 12.1 Å². The Kier molecular flexibility index (Phi) is 6.45. The van der Waals surface area contributed by atoms with Gasteiger partial charge in [-0.15, -0.1) is 12.4 Å². The molecular formula is C17H24ClFN2O3S. The summed E-state index contributed by atoms with van der Waals surface area (Å²) >= 11 is 0. The van der Waals surface area contributed by atoms with E-state index in [4.69, 9.17) is 0 Å². The van der Waals surface area contributed by atoms with E-state index in [2.05, 4.69) is 10.6 Å². The van der Waals surface area contributed by atoms with Crippen molar-refractivity contribution in [1.29, 1.82) is 0 Å². The van der Waals surface area contributed by atoms with Gasteiger partial charge in [0.15, 0.2) is 9.84 Å². The molecule has 2 bridgehead atoms. The fourth-order valence-corrected chi connectivity index (χ4v) is 5.21. The molecular weight excluding hydrogens is 367 g/mol. The first kappa shape index (κ1) is 20.1. The lowest BCUT2D eigenvalue weighted by Crippen LogP contribution is -2.49. The Hall–Kier alpha value is -1.18. The van der Waals surface area contributed by atoms with Crippen LogP contribution in [-0.2, 0) is 14.6 Å². The second-order valence-electron chi connectivity index (χ2n) is 6.95. The van der Waals surface area contributed by atoms with Crippen LogP contribution in [0.4, 0.5) is 4.39 Å². The molecule has 2 fully saturated rings. The van der Waals surface area contributed by atoms with E-state index in [9.17, 15) is 17.6 Å². The number of rotatable bonds is 5. The van der Waals surface area contributed by atoms with Crippen LogP contribution in [0.2, 0.25) is 0 Å². The lowest BCUT2D eigenvalue weighted by Gasteiger charge is -2.30. The van der Waals surface area contributed by atoms with Crippen molar-refractivity contribution < 1.29 is 17.6 Å². The van der Waals surface area contributed by atoms with Crippen molar-refractivity contribution in [3.8, 4) is 0 Å². The molecule has 2 N–H and O–H groups in total. The Bertz CT molecular complexity index is 699. The van der Waals surface area contributed by atoms with Crippen LogP contribution in [0.15, 0.2) is 29.2 Å². The molecule has 140 valence electrons. The van der Waals surface area contributed by atoms with Crippen LogP contribution in [-0.4, -0.2) is 38.2 Å². The number of carbonyl (C=O) groups excluding carboxylic acids is 1. The zero-order chi connectivity index (χ0) is 17.3. The maximum atomic E-state index is 12.9. The second-order valence-corrected chi connectivity index (χ2v) is 8.99. The topological polar surface area (TPSA) is 75.3 Å². The van der Waals surface area contributed by atoms with Gasteiger partial charge < -0.3 is 10.6 Å². The standard InChI is InChI=1S/C17H23FN2O3S.ClH/c1-11(10-24(22,23)16-6-2-12(18)3-7-16)17(21)20-15-8-13-4-5-14(9-15)19-13;/h2-3,6-7,11,13-15,19H,4-5,8-10H2,1H3,(H,20,21);1H.